The maximum atomic E-state index is 12.0. The highest BCUT2D eigenvalue weighted by Crippen LogP contribution is 2.35. The summed E-state index contributed by atoms with van der Waals surface area (Å²) in [5, 5.41) is 14.9. The van der Waals surface area contributed by atoms with Crippen LogP contribution in [0, 0.1) is 16.0 Å². The number of aromatic nitrogens is 2. The lowest BCUT2D eigenvalue weighted by Gasteiger charge is -2.31. The fraction of sp³-hybridized carbons (Fsp3) is 0.455. The lowest BCUT2D eigenvalue weighted by Crippen LogP contribution is -2.37. The highest BCUT2D eigenvalue weighted by molar-refractivity contribution is 5.82. The Morgan fingerprint density at radius 1 is 1.26 bits per heavy atom. The minimum absolute atomic E-state index is 0.0463. The molecule has 1 N–H and O–H groups in total. The number of hydrogen-bond donors (Lipinski definition) is 1. The molecule has 0 radical (unpaired) electrons. The summed E-state index contributed by atoms with van der Waals surface area (Å²) in [6, 6.07) is 3.28. The van der Waals surface area contributed by atoms with Gasteiger partial charge in [0.25, 0.3) is 0 Å². The maximum absolute atomic E-state index is 12.0. The number of methoxy groups -OCH3 is 2. The van der Waals surface area contributed by atoms with Crippen molar-refractivity contribution in [3.63, 3.8) is 0 Å². The van der Waals surface area contributed by atoms with Crippen molar-refractivity contribution >= 4 is 29.6 Å². The number of piperidine rings is 1. The Hall–Kier alpha value is -3.96. The fourth-order valence-electron chi connectivity index (χ4n) is 3.91. The number of ether oxygens (including phenoxy) is 3. The van der Waals surface area contributed by atoms with Gasteiger partial charge in [-0.2, -0.15) is 0 Å². The van der Waals surface area contributed by atoms with Gasteiger partial charge in [-0.25, -0.2) is 9.97 Å². The second-order valence-corrected chi connectivity index (χ2v) is 7.56. The van der Waals surface area contributed by atoms with Crippen LogP contribution in [-0.4, -0.2) is 61.1 Å². The van der Waals surface area contributed by atoms with Gasteiger partial charge in [-0.05, 0) is 37.5 Å². The van der Waals surface area contributed by atoms with Crippen LogP contribution >= 0.6 is 0 Å². The molecule has 0 spiro atoms. The standard InChI is InChI=1S/C22H27N5O7/c1-4-34-22(29)15-5-7-26(8-6-15)21-18(27(30)31)20(24-13-25-21)23-11-14-9-16(12-28)19(33-3)17(10-14)32-2/h9-10,12-13,15H,4-8,11H2,1-3H3,(H,23,24,25). The van der Waals surface area contributed by atoms with Crippen LogP contribution in [0.15, 0.2) is 18.5 Å². The number of esters is 1. The van der Waals surface area contributed by atoms with E-state index in [9.17, 15) is 19.7 Å². The fourth-order valence-corrected chi connectivity index (χ4v) is 3.91. The number of nitrogens with zero attached hydrogens (tertiary/aromatic N) is 4. The SMILES string of the molecule is CCOC(=O)C1CCN(c2ncnc(NCc3cc(C=O)c(OC)c(OC)c3)c2[N+](=O)[O-])CC1. The Balaban J connectivity index is 1.81. The molecule has 182 valence electrons. The van der Waals surface area contributed by atoms with E-state index in [2.05, 4.69) is 15.3 Å². The largest absolute Gasteiger partial charge is 0.493 e. The van der Waals surface area contributed by atoms with Gasteiger partial charge in [0.1, 0.15) is 6.33 Å². The van der Waals surface area contributed by atoms with E-state index in [-0.39, 0.29) is 35.8 Å². The molecule has 0 aliphatic carbocycles. The van der Waals surface area contributed by atoms with E-state index in [0.717, 1.165) is 0 Å². The summed E-state index contributed by atoms with van der Waals surface area (Å²) in [5.41, 5.74) is 0.679. The van der Waals surface area contributed by atoms with Gasteiger partial charge in [-0.15, -0.1) is 0 Å². The molecule has 0 bridgehead atoms. The van der Waals surface area contributed by atoms with Crippen molar-refractivity contribution < 1.29 is 28.7 Å². The average molecular weight is 473 g/mol. The Morgan fingerprint density at radius 2 is 2.00 bits per heavy atom. The topological polar surface area (TPSA) is 146 Å². The zero-order chi connectivity index (χ0) is 24.7. The van der Waals surface area contributed by atoms with E-state index >= 15 is 0 Å². The Bertz CT molecular complexity index is 1050. The van der Waals surface area contributed by atoms with Crippen LogP contribution in [0.3, 0.4) is 0 Å². The van der Waals surface area contributed by atoms with Crippen molar-refractivity contribution in [3.05, 3.63) is 39.7 Å². The number of hydrogen-bond acceptors (Lipinski definition) is 11. The molecule has 0 atom stereocenters. The summed E-state index contributed by atoms with van der Waals surface area (Å²) < 4.78 is 15.6. The summed E-state index contributed by atoms with van der Waals surface area (Å²) in [5.74, 6) is 0.433. The minimum Gasteiger partial charge on any atom is -0.493 e. The first kappa shape index (κ1) is 24.7. The van der Waals surface area contributed by atoms with Gasteiger partial charge in [0.2, 0.25) is 11.6 Å². The van der Waals surface area contributed by atoms with Crippen molar-refractivity contribution in [3.8, 4) is 11.5 Å². The van der Waals surface area contributed by atoms with Crippen molar-refractivity contribution in [1.29, 1.82) is 0 Å². The third-order valence-corrected chi connectivity index (χ3v) is 5.55. The number of anilines is 2. The second-order valence-electron chi connectivity index (χ2n) is 7.56. The molecular weight excluding hydrogens is 446 g/mol. The predicted octanol–water partition coefficient (Wildman–Crippen LogP) is 2.61. The molecule has 3 rings (SSSR count). The van der Waals surface area contributed by atoms with Crippen molar-refractivity contribution in [2.45, 2.75) is 26.3 Å². The van der Waals surface area contributed by atoms with Gasteiger partial charge >= 0.3 is 11.7 Å². The molecule has 1 saturated heterocycles. The zero-order valence-corrected chi connectivity index (χ0v) is 19.3. The molecule has 12 nitrogen and oxygen atoms in total. The minimum atomic E-state index is -0.527. The van der Waals surface area contributed by atoms with Crippen LogP contribution in [0.1, 0.15) is 35.7 Å². The molecule has 0 unspecified atom stereocenters. The molecule has 0 amide bonds. The molecule has 1 aliphatic rings. The van der Waals surface area contributed by atoms with Crippen LogP contribution in [0.5, 0.6) is 11.5 Å². The summed E-state index contributed by atoms with van der Waals surface area (Å²) in [7, 11) is 2.89. The van der Waals surface area contributed by atoms with Crippen LogP contribution in [0.4, 0.5) is 17.3 Å². The summed E-state index contributed by atoms with van der Waals surface area (Å²) in [6.07, 6.45) is 2.94. The number of nitro groups is 1. The molecule has 1 aromatic heterocycles. The third kappa shape index (κ3) is 5.33. The quantitative estimate of drug-likeness (QED) is 0.235. The monoisotopic (exact) mass is 473 g/mol. The number of carbonyl (C=O) groups is 2. The van der Waals surface area contributed by atoms with E-state index in [0.29, 0.717) is 61.5 Å². The summed E-state index contributed by atoms with van der Waals surface area (Å²) in [4.78, 5) is 44.9. The van der Waals surface area contributed by atoms with Gasteiger partial charge in [-0.1, -0.05) is 0 Å². The molecule has 1 fully saturated rings. The number of aldehydes is 1. The number of rotatable bonds is 10. The van der Waals surface area contributed by atoms with E-state index in [1.54, 1.807) is 24.0 Å². The summed E-state index contributed by atoms with van der Waals surface area (Å²) >= 11 is 0. The molecule has 2 heterocycles. The molecule has 0 saturated carbocycles. The van der Waals surface area contributed by atoms with E-state index in [1.807, 2.05) is 0 Å². The average Bonchev–Trinajstić information content (AvgIpc) is 2.86. The van der Waals surface area contributed by atoms with Crippen molar-refractivity contribution in [2.75, 3.05) is 44.1 Å². The highest BCUT2D eigenvalue weighted by atomic mass is 16.6. The van der Waals surface area contributed by atoms with Crippen molar-refractivity contribution in [1.82, 2.24) is 9.97 Å². The Morgan fingerprint density at radius 3 is 2.59 bits per heavy atom. The van der Waals surface area contributed by atoms with Crippen LogP contribution in [-0.2, 0) is 16.1 Å². The second kappa shape index (κ2) is 11.3. The Labute approximate surface area is 196 Å². The van der Waals surface area contributed by atoms with Crippen LogP contribution in [0.2, 0.25) is 0 Å². The lowest BCUT2D eigenvalue weighted by molar-refractivity contribution is -0.383. The molecule has 12 heteroatoms. The summed E-state index contributed by atoms with van der Waals surface area (Å²) in [6.45, 7) is 3.08. The third-order valence-electron chi connectivity index (χ3n) is 5.55. The van der Waals surface area contributed by atoms with E-state index < -0.39 is 4.92 Å². The van der Waals surface area contributed by atoms with Gasteiger partial charge in [0, 0.05) is 19.6 Å². The molecule has 1 aromatic carbocycles. The van der Waals surface area contributed by atoms with Crippen LogP contribution < -0.4 is 19.7 Å². The zero-order valence-electron chi connectivity index (χ0n) is 19.3. The molecule has 34 heavy (non-hydrogen) atoms. The van der Waals surface area contributed by atoms with Crippen molar-refractivity contribution in [2.24, 2.45) is 5.92 Å². The number of benzene rings is 1. The van der Waals surface area contributed by atoms with Gasteiger partial charge in [-0.3, -0.25) is 19.7 Å². The lowest BCUT2D eigenvalue weighted by atomic mass is 9.97. The molecule has 2 aromatic rings. The molecular formula is C22H27N5O7. The van der Waals surface area contributed by atoms with Crippen LogP contribution in [0.25, 0.3) is 0 Å². The Kier molecular flexibility index (Phi) is 8.17. The maximum Gasteiger partial charge on any atom is 0.353 e. The van der Waals surface area contributed by atoms with Gasteiger partial charge in [0.15, 0.2) is 17.8 Å². The van der Waals surface area contributed by atoms with Gasteiger partial charge in [0.05, 0.1) is 37.2 Å². The van der Waals surface area contributed by atoms with E-state index in [4.69, 9.17) is 14.2 Å². The normalized spacial score (nSPS) is 13.8. The smallest absolute Gasteiger partial charge is 0.353 e. The first-order valence-corrected chi connectivity index (χ1v) is 10.8. The first-order valence-electron chi connectivity index (χ1n) is 10.8. The highest BCUT2D eigenvalue weighted by Gasteiger charge is 2.32. The first-order chi connectivity index (χ1) is 16.4. The number of nitrogens with one attached hydrogen (secondary N) is 1. The van der Waals surface area contributed by atoms with E-state index in [1.165, 1.54) is 20.5 Å². The predicted molar refractivity (Wildman–Crippen MR) is 123 cm³/mol. The molecule has 1 aliphatic heterocycles. The van der Waals surface area contributed by atoms with Gasteiger partial charge < -0.3 is 24.4 Å². The number of carbonyl (C=O) groups excluding carboxylic acids is 2.